The van der Waals surface area contributed by atoms with Gasteiger partial charge in [0.25, 0.3) is 5.91 Å². The van der Waals surface area contributed by atoms with E-state index in [1.807, 2.05) is 6.07 Å². The molecule has 1 aromatic heterocycles. The van der Waals surface area contributed by atoms with Crippen LogP contribution in [0.1, 0.15) is 13.8 Å². The third-order valence-electron chi connectivity index (χ3n) is 2.91. The Balaban J connectivity index is 2.18. The van der Waals surface area contributed by atoms with Crippen LogP contribution >= 0.6 is 22.6 Å². The lowest BCUT2D eigenvalue weighted by molar-refractivity contribution is -0.130. The topological polar surface area (TPSA) is 74.7 Å². The van der Waals surface area contributed by atoms with Crippen molar-refractivity contribution in [3.63, 3.8) is 0 Å². The molecule has 6 nitrogen and oxygen atoms in total. The number of anilines is 2. The summed E-state index contributed by atoms with van der Waals surface area (Å²) in [5.41, 5.74) is -1.43. The molecule has 0 aliphatic carbocycles. The van der Waals surface area contributed by atoms with Crippen LogP contribution in [0.4, 0.5) is 11.6 Å². The number of halogens is 1. The summed E-state index contributed by atoms with van der Waals surface area (Å²) in [5.74, 6) is 0.789. The SMILES string of the molecule is CC(C)(O)C(=O)Nc1cc(I)cc(N2CCOCC2)n1. The fourth-order valence-corrected chi connectivity index (χ4v) is 2.34. The number of aromatic nitrogens is 1. The quantitative estimate of drug-likeness (QED) is 0.759. The molecule has 0 radical (unpaired) electrons. The van der Waals surface area contributed by atoms with Gasteiger partial charge in [-0.25, -0.2) is 4.98 Å². The van der Waals surface area contributed by atoms with E-state index in [0.29, 0.717) is 19.0 Å². The van der Waals surface area contributed by atoms with Crippen LogP contribution in [0, 0.1) is 3.57 Å². The zero-order valence-electron chi connectivity index (χ0n) is 11.5. The highest BCUT2D eigenvalue weighted by molar-refractivity contribution is 14.1. The first-order chi connectivity index (χ1) is 9.36. The van der Waals surface area contributed by atoms with E-state index in [9.17, 15) is 9.90 Å². The molecule has 0 unspecified atom stereocenters. The number of rotatable bonds is 3. The molecule has 1 aromatic rings. The minimum absolute atomic E-state index is 0.450. The lowest BCUT2D eigenvalue weighted by Crippen LogP contribution is -2.38. The highest BCUT2D eigenvalue weighted by Gasteiger charge is 2.24. The molecule has 1 aliphatic rings. The van der Waals surface area contributed by atoms with Gasteiger partial charge in [0.1, 0.15) is 17.2 Å². The normalized spacial score (nSPS) is 16.1. The van der Waals surface area contributed by atoms with Gasteiger partial charge in [-0.05, 0) is 48.6 Å². The van der Waals surface area contributed by atoms with Crippen molar-refractivity contribution < 1.29 is 14.6 Å². The summed E-state index contributed by atoms with van der Waals surface area (Å²) >= 11 is 2.18. The molecule has 1 aliphatic heterocycles. The lowest BCUT2D eigenvalue weighted by atomic mass is 10.1. The molecule has 0 spiro atoms. The number of nitrogens with one attached hydrogen (secondary N) is 1. The number of carbonyl (C=O) groups excluding carboxylic acids is 1. The van der Waals surface area contributed by atoms with E-state index in [0.717, 1.165) is 22.5 Å². The second-order valence-electron chi connectivity index (χ2n) is 5.14. The Kier molecular flexibility index (Phi) is 4.82. The second kappa shape index (κ2) is 6.23. The summed E-state index contributed by atoms with van der Waals surface area (Å²) in [6.07, 6.45) is 0. The third-order valence-corrected chi connectivity index (χ3v) is 3.53. The van der Waals surface area contributed by atoms with Gasteiger partial charge in [-0.15, -0.1) is 0 Å². The Labute approximate surface area is 131 Å². The zero-order chi connectivity index (χ0) is 14.8. The van der Waals surface area contributed by atoms with Crippen molar-refractivity contribution in [3.8, 4) is 0 Å². The molecule has 110 valence electrons. The number of ether oxygens (including phenoxy) is 1. The van der Waals surface area contributed by atoms with Gasteiger partial charge in [0.15, 0.2) is 0 Å². The van der Waals surface area contributed by atoms with Gasteiger partial charge in [-0.1, -0.05) is 0 Å². The summed E-state index contributed by atoms with van der Waals surface area (Å²) in [4.78, 5) is 18.3. The Morgan fingerprint density at radius 2 is 2.10 bits per heavy atom. The minimum Gasteiger partial charge on any atom is -0.381 e. The molecule has 0 atom stereocenters. The van der Waals surface area contributed by atoms with Crippen molar-refractivity contribution in [1.29, 1.82) is 0 Å². The van der Waals surface area contributed by atoms with Gasteiger partial charge in [-0.2, -0.15) is 0 Å². The average Bonchev–Trinajstić information content (AvgIpc) is 2.38. The minimum atomic E-state index is -1.43. The molecule has 0 bridgehead atoms. The molecule has 1 fully saturated rings. The van der Waals surface area contributed by atoms with Crippen LogP contribution in [-0.2, 0) is 9.53 Å². The van der Waals surface area contributed by atoms with Crippen LogP contribution in [0.3, 0.4) is 0 Å². The molecule has 7 heteroatoms. The monoisotopic (exact) mass is 391 g/mol. The summed E-state index contributed by atoms with van der Waals surface area (Å²) in [7, 11) is 0. The van der Waals surface area contributed by atoms with Crippen LogP contribution in [0.2, 0.25) is 0 Å². The van der Waals surface area contributed by atoms with Crippen molar-refractivity contribution in [3.05, 3.63) is 15.7 Å². The number of hydrogen-bond acceptors (Lipinski definition) is 5. The van der Waals surface area contributed by atoms with E-state index in [2.05, 4.69) is 37.8 Å². The van der Waals surface area contributed by atoms with Gasteiger partial charge < -0.3 is 20.1 Å². The number of aliphatic hydroxyl groups is 1. The van der Waals surface area contributed by atoms with E-state index in [4.69, 9.17) is 4.74 Å². The molecule has 20 heavy (non-hydrogen) atoms. The van der Waals surface area contributed by atoms with E-state index in [1.54, 1.807) is 6.07 Å². The van der Waals surface area contributed by atoms with Crippen LogP contribution in [0.25, 0.3) is 0 Å². The number of nitrogens with zero attached hydrogens (tertiary/aromatic N) is 2. The Morgan fingerprint density at radius 1 is 1.45 bits per heavy atom. The number of carbonyl (C=O) groups is 1. The van der Waals surface area contributed by atoms with Crippen LogP contribution < -0.4 is 10.2 Å². The number of hydrogen-bond donors (Lipinski definition) is 2. The van der Waals surface area contributed by atoms with Crippen molar-refractivity contribution in [2.45, 2.75) is 19.4 Å². The van der Waals surface area contributed by atoms with Gasteiger partial charge in [-0.3, -0.25) is 4.79 Å². The molecular formula is C13H18IN3O3. The molecule has 2 heterocycles. The fourth-order valence-electron chi connectivity index (χ4n) is 1.77. The molecule has 0 saturated carbocycles. The first kappa shape index (κ1) is 15.5. The van der Waals surface area contributed by atoms with Crippen molar-refractivity contribution in [2.24, 2.45) is 0 Å². The zero-order valence-corrected chi connectivity index (χ0v) is 13.7. The fraction of sp³-hybridized carbons (Fsp3) is 0.538. The molecular weight excluding hydrogens is 373 g/mol. The van der Waals surface area contributed by atoms with E-state index in [-0.39, 0.29) is 0 Å². The van der Waals surface area contributed by atoms with Crippen molar-refractivity contribution in [2.75, 3.05) is 36.5 Å². The predicted octanol–water partition coefficient (Wildman–Crippen LogP) is 1.23. The average molecular weight is 391 g/mol. The highest BCUT2D eigenvalue weighted by Crippen LogP contribution is 2.21. The molecule has 1 amide bonds. The molecule has 2 N–H and O–H groups in total. The number of pyridine rings is 1. The maximum Gasteiger partial charge on any atom is 0.256 e. The number of morpholine rings is 1. The van der Waals surface area contributed by atoms with E-state index >= 15 is 0 Å². The summed E-state index contributed by atoms with van der Waals surface area (Å²) in [5, 5.41) is 12.3. The van der Waals surface area contributed by atoms with Gasteiger partial charge >= 0.3 is 0 Å². The smallest absolute Gasteiger partial charge is 0.256 e. The van der Waals surface area contributed by atoms with Crippen LogP contribution in [-0.4, -0.2) is 47.9 Å². The first-order valence-corrected chi connectivity index (χ1v) is 7.48. The third kappa shape index (κ3) is 4.03. The van der Waals surface area contributed by atoms with Crippen molar-refractivity contribution >= 4 is 40.1 Å². The number of amides is 1. The maximum atomic E-state index is 11.8. The van der Waals surface area contributed by atoms with Crippen LogP contribution in [0.15, 0.2) is 12.1 Å². The van der Waals surface area contributed by atoms with Gasteiger partial charge in [0, 0.05) is 16.7 Å². The largest absolute Gasteiger partial charge is 0.381 e. The standard InChI is InChI=1S/C13H18IN3O3/c1-13(2,19)12(18)16-10-7-9(14)8-11(15-10)17-3-5-20-6-4-17/h7-8,19H,3-6H2,1-2H3,(H,15,16,18). The molecule has 2 rings (SSSR count). The Bertz CT molecular complexity index is 496. The van der Waals surface area contributed by atoms with Crippen molar-refractivity contribution in [1.82, 2.24) is 4.98 Å². The Morgan fingerprint density at radius 3 is 2.70 bits per heavy atom. The highest BCUT2D eigenvalue weighted by atomic mass is 127. The van der Waals surface area contributed by atoms with E-state index in [1.165, 1.54) is 13.8 Å². The summed E-state index contributed by atoms with van der Waals surface area (Å²) in [6, 6.07) is 3.74. The maximum absolute atomic E-state index is 11.8. The van der Waals surface area contributed by atoms with Gasteiger partial charge in [0.05, 0.1) is 13.2 Å². The lowest BCUT2D eigenvalue weighted by Gasteiger charge is -2.28. The predicted molar refractivity (Wildman–Crippen MR) is 84.9 cm³/mol. The van der Waals surface area contributed by atoms with Gasteiger partial charge in [0.2, 0.25) is 0 Å². The Hall–Kier alpha value is -0.930. The second-order valence-corrected chi connectivity index (χ2v) is 6.39. The van der Waals surface area contributed by atoms with Crippen LogP contribution in [0.5, 0.6) is 0 Å². The molecule has 0 aromatic carbocycles. The van der Waals surface area contributed by atoms with E-state index < -0.39 is 11.5 Å². The summed E-state index contributed by atoms with van der Waals surface area (Å²) < 4.78 is 6.29. The summed E-state index contributed by atoms with van der Waals surface area (Å²) in [6.45, 7) is 5.81. The molecule has 1 saturated heterocycles. The first-order valence-electron chi connectivity index (χ1n) is 6.40.